The van der Waals surface area contributed by atoms with Crippen LogP contribution in [-0.2, 0) is 0 Å². The van der Waals surface area contributed by atoms with Crippen molar-refractivity contribution in [3.05, 3.63) is 11.6 Å². The first-order valence-electron chi connectivity index (χ1n) is 9.08. The number of carbonyl (C=O) groups excluding carboxylic acids is 1. The molecule has 126 valence electrons. The van der Waals surface area contributed by atoms with Crippen LogP contribution in [0.25, 0.3) is 0 Å². The average molecular weight is 307 g/mol. The van der Waals surface area contributed by atoms with Gasteiger partial charge in [0.25, 0.3) is 0 Å². The lowest BCUT2D eigenvalue weighted by atomic mass is 9.97. The van der Waals surface area contributed by atoms with Crippen molar-refractivity contribution in [2.45, 2.75) is 52.4 Å². The van der Waals surface area contributed by atoms with Crippen molar-refractivity contribution in [2.24, 2.45) is 5.92 Å². The number of nitrogens with zero attached hydrogens (tertiary/aromatic N) is 2. The lowest BCUT2D eigenvalue weighted by molar-refractivity contribution is 0.139. The average Bonchev–Trinajstić information content (AvgIpc) is 2.54. The number of hydrogen-bond acceptors (Lipinski definition) is 2. The number of piperazine rings is 1. The summed E-state index contributed by atoms with van der Waals surface area (Å²) in [6.07, 6.45) is 10.0. The molecular formula is C18H33N3O. The van der Waals surface area contributed by atoms with Gasteiger partial charge in [0, 0.05) is 39.3 Å². The topological polar surface area (TPSA) is 35.6 Å². The number of carbonyl (C=O) groups is 1. The van der Waals surface area contributed by atoms with E-state index in [4.69, 9.17) is 0 Å². The molecule has 0 aromatic carbocycles. The van der Waals surface area contributed by atoms with Crippen molar-refractivity contribution in [3.8, 4) is 0 Å². The van der Waals surface area contributed by atoms with Gasteiger partial charge in [-0.25, -0.2) is 4.79 Å². The van der Waals surface area contributed by atoms with Gasteiger partial charge in [0.1, 0.15) is 0 Å². The Labute approximate surface area is 135 Å². The quantitative estimate of drug-likeness (QED) is 0.765. The number of nitrogens with one attached hydrogen (secondary N) is 1. The summed E-state index contributed by atoms with van der Waals surface area (Å²) in [6.45, 7) is 10.1. The number of hydrogen-bond donors (Lipinski definition) is 1. The molecule has 1 fully saturated rings. The first-order chi connectivity index (χ1) is 10.6. The van der Waals surface area contributed by atoms with E-state index in [-0.39, 0.29) is 6.03 Å². The summed E-state index contributed by atoms with van der Waals surface area (Å²) >= 11 is 0. The van der Waals surface area contributed by atoms with Crippen molar-refractivity contribution < 1.29 is 4.79 Å². The molecule has 0 spiro atoms. The molecule has 4 nitrogen and oxygen atoms in total. The van der Waals surface area contributed by atoms with Crippen LogP contribution in [0.5, 0.6) is 0 Å². The van der Waals surface area contributed by atoms with E-state index < -0.39 is 0 Å². The minimum atomic E-state index is 0.121. The van der Waals surface area contributed by atoms with Crippen molar-refractivity contribution >= 4 is 6.03 Å². The first-order valence-corrected chi connectivity index (χ1v) is 9.08. The van der Waals surface area contributed by atoms with Gasteiger partial charge in [0.05, 0.1) is 0 Å². The Bertz CT molecular complexity index is 371. The summed E-state index contributed by atoms with van der Waals surface area (Å²) in [5.41, 5.74) is 1.65. The Kier molecular flexibility index (Phi) is 7.23. The van der Waals surface area contributed by atoms with Crippen LogP contribution >= 0.6 is 0 Å². The van der Waals surface area contributed by atoms with Crippen molar-refractivity contribution in [2.75, 3.05) is 39.3 Å². The second kappa shape index (κ2) is 9.19. The first kappa shape index (κ1) is 17.3. The third kappa shape index (κ3) is 5.99. The number of amides is 2. The Hall–Kier alpha value is -1.03. The van der Waals surface area contributed by atoms with Crippen molar-refractivity contribution in [1.82, 2.24) is 15.1 Å². The van der Waals surface area contributed by atoms with Gasteiger partial charge in [-0.1, -0.05) is 25.5 Å². The van der Waals surface area contributed by atoms with Crippen LogP contribution in [0.3, 0.4) is 0 Å². The molecule has 2 rings (SSSR count). The van der Waals surface area contributed by atoms with Gasteiger partial charge in [-0.15, -0.1) is 0 Å². The molecule has 2 amide bonds. The zero-order chi connectivity index (χ0) is 15.8. The fraction of sp³-hybridized carbons (Fsp3) is 0.833. The van der Waals surface area contributed by atoms with Gasteiger partial charge in [-0.2, -0.15) is 0 Å². The van der Waals surface area contributed by atoms with E-state index in [9.17, 15) is 4.79 Å². The van der Waals surface area contributed by atoms with Crippen LogP contribution < -0.4 is 5.32 Å². The molecule has 0 bridgehead atoms. The normalized spacial score (nSPS) is 20.1. The molecular weight excluding hydrogens is 274 g/mol. The molecule has 22 heavy (non-hydrogen) atoms. The predicted octanol–water partition coefficient (Wildman–Crippen LogP) is 3.25. The molecule has 1 aliphatic heterocycles. The van der Waals surface area contributed by atoms with E-state index in [0.29, 0.717) is 5.92 Å². The predicted molar refractivity (Wildman–Crippen MR) is 92.0 cm³/mol. The molecule has 0 atom stereocenters. The van der Waals surface area contributed by atoms with E-state index in [0.717, 1.165) is 45.7 Å². The molecule has 0 saturated carbocycles. The standard InChI is InChI=1S/C18H33N3O/c1-16(2)8-10-19-18(22)21-14-12-20(13-15-21)11-9-17-6-4-3-5-7-17/h6,16H,3-5,7-15H2,1-2H3,(H,19,22). The summed E-state index contributed by atoms with van der Waals surface area (Å²) in [7, 11) is 0. The number of allylic oxidation sites excluding steroid dienone is 1. The summed E-state index contributed by atoms with van der Waals surface area (Å²) < 4.78 is 0. The lowest BCUT2D eigenvalue weighted by Crippen LogP contribution is -2.52. The van der Waals surface area contributed by atoms with E-state index >= 15 is 0 Å². The minimum absolute atomic E-state index is 0.121. The van der Waals surface area contributed by atoms with Gasteiger partial charge in [-0.3, -0.25) is 4.90 Å². The van der Waals surface area contributed by atoms with E-state index in [1.165, 1.54) is 32.1 Å². The van der Waals surface area contributed by atoms with E-state index in [2.05, 4.69) is 30.1 Å². The second-order valence-corrected chi connectivity index (χ2v) is 7.10. The molecule has 2 aliphatic rings. The Morgan fingerprint density at radius 1 is 1.23 bits per heavy atom. The Morgan fingerprint density at radius 2 is 2.00 bits per heavy atom. The maximum absolute atomic E-state index is 12.1. The fourth-order valence-corrected chi connectivity index (χ4v) is 3.19. The van der Waals surface area contributed by atoms with E-state index in [1.807, 2.05) is 4.90 Å². The highest BCUT2D eigenvalue weighted by molar-refractivity contribution is 5.74. The monoisotopic (exact) mass is 307 g/mol. The molecule has 0 aromatic heterocycles. The molecule has 4 heteroatoms. The maximum atomic E-state index is 12.1. The zero-order valence-electron chi connectivity index (χ0n) is 14.4. The number of urea groups is 1. The Balaban J connectivity index is 1.60. The van der Waals surface area contributed by atoms with Crippen LogP contribution in [0.15, 0.2) is 11.6 Å². The Morgan fingerprint density at radius 3 is 2.64 bits per heavy atom. The molecule has 1 N–H and O–H groups in total. The highest BCUT2D eigenvalue weighted by Crippen LogP contribution is 2.20. The van der Waals surface area contributed by atoms with E-state index in [1.54, 1.807) is 5.57 Å². The van der Waals surface area contributed by atoms with Gasteiger partial charge in [0.15, 0.2) is 0 Å². The minimum Gasteiger partial charge on any atom is -0.338 e. The fourth-order valence-electron chi connectivity index (χ4n) is 3.19. The van der Waals surface area contributed by atoms with Crippen LogP contribution in [0.4, 0.5) is 4.79 Å². The van der Waals surface area contributed by atoms with Crippen LogP contribution in [0, 0.1) is 5.92 Å². The van der Waals surface area contributed by atoms with Crippen LogP contribution in [0.2, 0.25) is 0 Å². The lowest BCUT2D eigenvalue weighted by Gasteiger charge is -2.35. The highest BCUT2D eigenvalue weighted by atomic mass is 16.2. The van der Waals surface area contributed by atoms with Gasteiger partial charge in [0.2, 0.25) is 0 Å². The molecule has 1 aliphatic carbocycles. The van der Waals surface area contributed by atoms with Crippen LogP contribution in [-0.4, -0.2) is 55.1 Å². The molecule has 0 radical (unpaired) electrons. The molecule has 1 heterocycles. The van der Waals surface area contributed by atoms with Crippen molar-refractivity contribution in [3.63, 3.8) is 0 Å². The largest absolute Gasteiger partial charge is 0.338 e. The third-order valence-electron chi connectivity index (χ3n) is 4.79. The SMILES string of the molecule is CC(C)CCNC(=O)N1CCN(CCC2=CCCCC2)CC1. The van der Waals surface area contributed by atoms with Gasteiger partial charge < -0.3 is 10.2 Å². The zero-order valence-corrected chi connectivity index (χ0v) is 14.4. The summed E-state index contributed by atoms with van der Waals surface area (Å²) in [6, 6.07) is 0.121. The third-order valence-corrected chi connectivity index (χ3v) is 4.79. The molecule has 0 unspecified atom stereocenters. The van der Waals surface area contributed by atoms with Crippen molar-refractivity contribution in [1.29, 1.82) is 0 Å². The summed E-state index contributed by atoms with van der Waals surface area (Å²) in [4.78, 5) is 16.6. The molecule has 0 aromatic rings. The van der Waals surface area contributed by atoms with Gasteiger partial charge in [-0.05, 0) is 44.4 Å². The summed E-state index contributed by atoms with van der Waals surface area (Å²) in [5.74, 6) is 0.645. The molecule has 1 saturated heterocycles. The smallest absolute Gasteiger partial charge is 0.317 e. The number of rotatable bonds is 6. The highest BCUT2D eigenvalue weighted by Gasteiger charge is 2.20. The maximum Gasteiger partial charge on any atom is 0.317 e. The van der Waals surface area contributed by atoms with Gasteiger partial charge >= 0.3 is 6.03 Å². The summed E-state index contributed by atoms with van der Waals surface area (Å²) in [5, 5.41) is 3.04. The van der Waals surface area contributed by atoms with Crippen LogP contribution in [0.1, 0.15) is 52.4 Å². The second-order valence-electron chi connectivity index (χ2n) is 7.10.